The number of H-pyrrole nitrogens is 1. The van der Waals surface area contributed by atoms with Crippen LogP contribution in [0.4, 0.5) is 0 Å². The molecular formula is C9H10Cl2N2O3. The molecule has 0 spiro atoms. The lowest BCUT2D eigenvalue weighted by Gasteiger charge is -2.17. The van der Waals surface area contributed by atoms with Crippen LogP contribution in [0.2, 0.25) is 10.2 Å². The van der Waals surface area contributed by atoms with E-state index < -0.39 is 11.9 Å². The van der Waals surface area contributed by atoms with Crippen LogP contribution >= 0.6 is 23.2 Å². The zero-order valence-electron chi connectivity index (χ0n) is 8.46. The minimum Gasteiger partial charge on any atom is -0.480 e. The van der Waals surface area contributed by atoms with Gasteiger partial charge in [0.1, 0.15) is 17.4 Å². The average Bonchev–Trinajstić information content (AvgIpc) is 2.54. The van der Waals surface area contributed by atoms with Crippen molar-refractivity contribution in [1.82, 2.24) is 9.88 Å². The molecule has 0 unspecified atom stereocenters. The van der Waals surface area contributed by atoms with E-state index in [1.54, 1.807) is 6.92 Å². The fourth-order valence-electron chi connectivity index (χ4n) is 1.18. The van der Waals surface area contributed by atoms with Crippen LogP contribution in [0.5, 0.6) is 0 Å². The Hall–Kier alpha value is -1.20. The van der Waals surface area contributed by atoms with E-state index in [4.69, 9.17) is 28.3 Å². The molecule has 0 aliphatic rings. The highest BCUT2D eigenvalue weighted by Gasteiger charge is 2.19. The second-order valence-corrected chi connectivity index (χ2v) is 3.84. The molecule has 0 bridgehead atoms. The van der Waals surface area contributed by atoms with Crippen LogP contribution in [-0.2, 0) is 4.79 Å². The minimum atomic E-state index is -1.07. The van der Waals surface area contributed by atoms with Crippen molar-refractivity contribution in [3.8, 4) is 0 Å². The Bertz CT molecular complexity index is 397. The molecular weight excluding hydrogens is 255 g/mol. The normalized spacial score (nSPS) is 10.2. The highest BCUT2D eigenvalue weighted by atomic mass is 35.5. The summed E-state index contributed by atoms with van der Waals surface area (Å²) in [7, 11) is 0. The Kier molecular flexibility index (Phi) is 4.20. The lowest BCUT2D eigenvalue weighted by Crippen LogP contribution is -2.35. The fraction of sp³-hybridized carbons (Fsp3) is 0.333. The van der Waals surface area contributed by atoms with E-state index in [1.807, 2.05) is 0 Å². The number of aliphatic carboxylic acids is 1. The van der Waals surface area contributed by atoms with E-state index in [0.717, 1.165) is 0 Å². The maximum atomic E-state index is 11.8. The second-order valence-electron chi connectivity index (χ2n) is 3.06. The Balaban J connectivity index is 2.86. The molecule has 0 aromatic carbocycles. The molecule has 0 saturated carbocycles. The van der Waals surface area contributed by atoms with Gasteiger partial charge in [-0.15, -0.1) is 0 Å². The van der Waals surface area contributed by atoms with Gasteiger partial charge in [-0.3, -0.25) is 9.59 Å². The summed E-state index contributed by atoms with van der Waals surface area (Å²) in [6.45, 7) is 1.62. The van der Waals surface area contributed by atoms with E-state index in [2.05, 4.69) is 4.98 Å². The van der Waals surface area contributed by atoms with Crippen LogP contribution in [0.1, 0.15) is 17.4 Å². The number of carbonyl (C=O) groups excluding carboxylic acids is 1. The molecule has 5 nitrogen and oxygen atoms in total. The molecule has 88 valence electrons. The lowest BCUT2D eigenvalue weighted by molar-refractivity contribution is -0.137. The zero-order chi connectivity index (χ0) is 12.3. The first-order valence-corrected chi connectivity index (χ1v) is 5.26. The zero-order valence-corrected chi connectivity index (χ0v) is 9.97. The molecule has 1 amide bonds. The van der Waals surface area contributed by atoms with Crippen molar-refractivity contribution in [2.45, 2.75) is 6.92 Å². The topological polar surface area (TPSA) is 73.4 Å². The largest absolute Gasteiger partial charge is 0.480 e. The Morgan fingerprint density at radius 3 is 2.50 bits per heavy atom. The average molecular weight is 265 g/mol. The van der Waals surface area contributed by atoms with Gasteiger partial charge in [0.2, 0.25) is 0 Å². The van der Waals surface area contributed by atoms with Gasteiger partial charge in [0.15, 0.2) is 0 Å². The number of aromatic nitrogens is 1. The van der Waals surface area contributed by atoms with Crippen LogP contribution in [0.25, 0.3) is 0 Å². The predicted molar refractivity (Wildman–Crippen MR) is 60.0 cm³/mol. The van der Waals surface area contributed by atoms with Crippen molar-refractivity contribution < 1.29 is 14.7 Å². The number of nitrogens with one attached hydrogen (secondary N) is 1. The van der Waals surface area contributed by atoms with Crippen molar-refractivity contribution in [2.24, 2.45) is 0 Å². The molecule has 1 aromatic rings. The SMILES string of the molecule is CCN(CC(=O)O)C(=O)c1cc(Cl)c(Cl)[nH]1. The van der Waals surface area contributed by atoms with Gasteiger partial charge in [-0.2, -0.15) is 0 Å². The van der Waals surface area contributed by atoms with Crippen molar-refractivity contribution in [1.29, 1.82) is 0 Å². The summed E-state index contributed by atoms with van der Waals surface area (Å²) in [5.74, 6) is -1.52. The van der Waals surface area contributed by atoms with Crippen molar-refractivity contribution in [2.75, 3.05) is 13.1 Å². The van der Waals surface area contributed by atoms with Crippen molar-refractivity contribution >= 4 is 35.1 Å². The monoisotopic (exact) mass is 264 g/mol. The highest BCUT2D eigenvalue weighted by Crippen LogP contribution is 2.22. The number of halogens is 2. The summed E-state index contributed by atoms with van der Waals surface area (Å²) < 4.78 is 0. The number of likely N-dealkylation sites (N-methyl/N-ethyl adjacent to an activating group) is 1. The Morgan fingerprint density at radius 2 is 2.12 bits per heavy atom. The number of amides is 1. The molecule has 0 aliphatic heterocycles. The fourth-order valence-corrected chi connectivity index (χ4v) is 1.49. The first-order chi connectivity index (χ1) is 7.45. The molecule has 1 aromatic heterocycles. The van der Waals surface area contributed by atoms with Crippen LogP contribution in [0, 0.1) is 0 Å². The summed E-state index contributed by atoms with van der Waals surface area (Å²) in [6.07, 6.45) is 0. The van der Waals surface area contributed by atoms with Gasteiger partial charge in [0.25, 0.3) is 5.91 Å². The van der Waals surface area contributed by atoms with E-state index in [0.29, 0.717) is 6.54 Å². The van der Waals surface area contributed by atoms with E-state index in [9.17, 15) is 9.59 Å². The third kappa shape index (κ3) is 2.90. The molecule has 0 atom stereocenters. The number of aromatic amines is 1. The minimum absolute atomic E-state index is 0.163. The maximum Gasteiger partial charge on any atom is 0.323 e. The summed E-state index contributed by atoms with van der Waals surface area (Å²) >= 11 is 11.3. The number of carbonyl (C=O) groups is 2. The van der Waals surface area contributed by atoms with E-state index in [1.165, 1.54) is 11.0 Å². The molecule has 0 fully saturated rings. The van der Waals surface area contributed by atoms with Gasteiger partial charge in [0.05, 0.1) is 5.02 Å². The Labute approximate surface area is 102 Å². The van der Waals surface area contributed by atoms with Crippen LogP contribution < -0.4 is 0 Å². The molecule has 7 heteroatoms. The van der Waals surface area contributed by atoms with E-state index in [-0.39, 0.29) is 22.4 Å². The van der Waals surface area contributed by atoms with Crippen molar-refractivity contribution in [3.63, 3.8) is 0 Å². The first kappa shape index (κ1) is 12.9. The number of nitrogens with zero attached hydrogens (tertiary/aromatic N) is 1. The number of carboxylic acid groups (broad SMARTS) is 1. The Morgan fingerprint density at radius 1 is 1.50 bits per heavy atom. The molecule has 0 aliphatic carbocycles. The number of rotatable bonds is 4. The molecule has 1 rings (SSSR count). The van der Waals surface area contributed by atoms with Gasteiger partial charge < -0.3 is 15.0 Å². The molecule has 1 heterocycles. The standard InChI is InChI=1S/C9H10Cl2N2O3/c1-2-13(4-7(14)15)9(16)6-3-5(10)8(11)12-6/h3,12H,2,4H2,1H3,(H,14,15). The van der Waals surface area contributed by atoms with Gasteiger partial charge in [-0.05, 0) is 13.0 Å². The van der Waals surface area contributed by atoms with Gasteiger partial charge in [-0.25, -0.2) is 0 Å². The van der Waals surface area contributed by atoms with E-state index >= 15 is 0 Å². The third-order valence-electron chi connectivity index (χ3n) is 1.95. The maximum absolute atomic E-state index is 11.8. The third-order valence-corrected chi connectivity index (χ3v) is 2.64. The van der Waals surface area contributed by atoms with Crippen LogP contribution in [-0.4, -0.2) is 40.0 Å². The number of hydrogen-bond donors (Lipinski definition) is 2. The van der Waals surface area contributed by atoms with Crippen LogP contribution in [0.15, 0.2) is 6.07 Å². The summed E-state index contributed by atoms with van der Waals surface area (Å²) in [4.78, 5) is 26.1. The summed E-state index contributed by atoms with van der Waals surface area (Å²) in [6, 6.07) is 1.37. The first-order valence-electron chi connectivity index (χ1n) is 4.50. The smallest absolute Gasteiger partial charge is 0.323 e. The highest BCUT2D eigenvalue weighted by molar-refractivity contribution is 6.41. The molecule has 16 heavy (non-hydrogen) atoms. The van der Waals surface area contributed by atoms with Gasteiger partial charge in [0, 0.05) is 6.54 Å². The van der Waals surface area contributed by atoms with Crippen LogP contribution in [0.3, 0.4) is 0 Å². The quantitative estimate of drug-likeness (QED) is 0.872. The second kappa shape index (κ2) is 5.23. The lowest BCUT2D eigenvalue weighted by atomic mass is 10.3. The van der Waals surface area contributed by atoms with Gasteiger partial charge in [-0.1, -0.05) is 23.2 Å². The van der Waals surface area contributed by atoms with Gasteiger partial charge >= 0.3 is 5.97 Å². The molecule has 0 radical (unpaired) electrons. The number of carboxylic acids is 1. The molecule has 0 saturated heterocycles. The summed E-state index contributed by atoms with van der Waals surface area (Å²) in [5, 5.41) is 9.01. The number of hydrogen-bond acceptors (Lipinski definition) is 2. The summed E-state index contributed by atoms with van der Waals surface area (Å²) in [5.41, 5.74) is 0.179. The predicted octanol–water partition coefficient (Wildman–Crippen LogP) is 1.87. The van der Waals surface area contributed by atoms with Crippen molar-refractivity contribution in [3.05, 3.63) is 21.9 Å². The molecule has 2 N–H and O–H groups in total.